The first-order valence-electron chi connectivity index (χ1n) is 7.24. The van der Waals surface area contributed by atoms with Gasteiger partial charge in [-0.15, -0.1) is 24.0 Å². The Hall–Kier alpha value is -0.700. The molecule has 1 aromatic rings. The lowest BCUT2D eigenvalue weighted by Gasteiger charge is -2.23. The highest BCUT2D eigenvalue weighted by atomic mass is 127. The van der Waals surface area contributed by atoms with E-state index in [-0.39, 0.29) is 34.5 Å². The van der Waals surface area contributed by atoms with E-state index in [1.807, 2.05) is 20.2 Å². The normalized spacial score (nSPS) is 11.7. The summed E-state index contributed by atoms with van der Waals surface area (Å²) in [4.78, 5) is 5.95. The van der Waals surface area contributed by atoms with E-state index in [0.29, 0.717) is 12.2 Å². The van der Waals surface area contributed by atoms with Crippen LogP contribution in [0.15, 0.2) is 23.2 Å². The Morgan fingerprint density at radius 2 is 1.96 bits per heavy atom. The zero-order valence-corrected chi connectivity index (χ0v) is 17.9. The van der Waals surface area contributed by atoms with Crippen molar-refractivity contribution in [2.24, 2.45) is 4.99 Å². The van der Waals surface area contributed by atoms with E-state index in [1.165, 1.54) is 0 Å². The zero-order valence-electron chi connectivity index (χ0n) is 14.7. The van der Waals surface area contributed by atoms with E-state index < -0.39 is 0 Å². The largest absolute Gasteiger partial charge is 0.375 e. The van der Waals surface area contributed by atoms with Crippen LogP contribution in [0.4, 0.5) is 10.1 Å². The van der Waals surface area contributed by atoms with E-state index in [4.69, 9.17) is 0 Å². The van der Waals surface area contributed by atoms with Crippen LogP contribution >= 0.6 is 35.7 Å². The van der Waals surface area contributed by atoms with Gasteiger partial charge in [-0.1, -0.05) is 6.07 Å². The molecule has 1 rings (SSSR count). The Morgan fingerprint density at radius 1 is 1.30 bits per heavy atom. The number of nitrogens with one attached hydrogen (secondary N) is 2. The molecule has 0 aliphatic rings. The molecule has 0 spiro atoms. The summed E-state index contributed by atoms with van der Waals surface area (Å²) < 4.78 is 14.1. The van der Waals surface area contributed by atoms with E-state index in [9.17, 15) is 4.39 Å². The second-order valence-electron chi connectivity index (χ2n) is 5.92. The van der Waals surface area contributed by atoms with Crippen LogP contribution in [0.3, 0.4) is 0 Å². The molecule has 0 saturated heterocycles. The van der Waals surface area contributed by atoms with E-state index in [0.717, 1.165) is 18.1 Å². The van der Waals surface area contributed by atoms with Crippen molar-refractivity contribution in [2.45, 2.75) is 25.1 Å². The van der Waals surface area contributed by atoms with Crippen molar-refractivity contribution in [2.75, 3.05) is 38.8 Å². The minimum absolute atomic E-state index is 0. The van der Waals surface area contributed by atoms with Crippen LogP contribution in [0.5, 0.6) is 0 Å². The predicted octanol–water partition coefficient (Wildman–Crippen LogP) is 3.32. The van der Waals surface area contributed by atoms with Gasteiger partial charge in [0.25, 0.3) is 0 Å². The fourth-order valence-electron chi connectivity index (χ4n) is 1.80. The Kier molecular flexibility index (Phi) is 9.91. The predicted molar refractivity (Wildman–Crippen MR) is 112 cm³/mol. The Bertz CT molecular complexity index is 521. The smallest absolute Gasteiger partial charge is 0.191 e. The van der Waals surface area contributed by atoms with E-state index >= 15 is 0 Å². The molecule has 0 amide bonds. The first kappa shape index (κ1) is 22.3. The van der Waals surface area contributed by atoms with E-state index in [1.54, 1.807) is 35.8 Å². The molecule has 4 nitrogen and oxygen atoms in total. The van der Waals surface area contributed by atoms with Crippen LogP contribution in [-0.4, -0.2) is 44.7 Å². The topological polar surface area (TPSA) is 39.7 Å². The second kappa shape index (κ2) is 10.2. The lowest BCUT2D eigenvalue weighted by atomic mass is 10.2. The molecular weight excluding hydrogens is 426 g/mol. The molecule has 0 fully saturated rings. The summed E-state index contributed by atoms with van der Waals surface area (Å²) in [5.74, 6) is 0.509. The summed E-state index contributed by atoms with van der Waals surface area (Å²) in [5, 5.41) is 6.50. The van der Waals surface area contributed by atoms with Crippen LogP contribution in [-0.2, 0) is 6.54 Å². The van der Waals surface area contributed by atoms with Gasteiger partial charge in [0.1, 0.15) is 5.82 Å². The van der Waals surface area contributed by atoms with Gasteiger partial charge in [0.05, 0.1) is 5.69 Å². The number of rotatable bonds is 6. The van der Waals surface area contributed by atoms with Crippen LogP contribution in [0.1, 0.15) is 19.4 Å². The van der Waals surface area contributed by atoms with Crippen LogP contribution in [0.2, 0.25) is 0 Å². The van der Waals surface area contributed by atoms with Gasteiger partial charge < -0.3 is 15.5 Å². The molecule has 1 aromatic carbocycles. The highest BCUT2D eigenvalue weighted by Crippen LogP contribution is 2.19. The quantitative estimate of drug-likeness (QED) is 0.393. The summed E-state index contributed by atoms with van der Waals surface area (Å²) in [6.45, 7) is 5.69. The minimum atomic E-state index is -0.212. The van der Waals surface area contributed by atoms with Gasteiger partial charge in [-0.2, -0.15) is 11.8 Å². The molecule has 0 aliphatic heterocycles. The Labute approximate surface area is 160 Å². The maximum atomic E-state index is 13.9. The number of halogens is 2. The summed E-state index contributed by atoms with van der Waals surface area (Å²) in [7, 11) is 5.39. The standard InChI is InChI=1S/C16H27FN4S.HI/c1-16(2,22-6)11-20-15(18-3)19-10-12-7-8-14(21(4)5)13(17)9-12;/h7-9H,10-11H2,1-6H3,(H2,18,19,20);1H. The van der Waals surface area contributed by atoms with E-state index in [2.05, 4.69) is 35.7 Å². The molecule has 0 unspecified atom stereocenters. The van der Waals surface area contributed by atoms with Crippen molar-refractivity contribution in [1.29, 1.82) is 0 Å². The average Bonchev–Trinajstić information content (AvgIpc) is 2.47. The SMILES string of the molecule is CN=C(NCc1ccc(N(C)C)c(F)c1)NCC(C)(C)SC.I. The Balaban J connectivity index is 0.00000484. The first-order chi connectivity index (χ1) is 10.3. The summed E-state index contributed by atoms with van der Waals surface area (Å²) in [6.07, 6.45) is 2.09. The van der Waals surface area contributed by atoms with Crippen LogP contribution in [0, 0.1) is 5.82 Å². The molecule has 0 heterocycles. The molecule has 0 radical (unpaired) electrons. The lowest BCUT2D eigenvalue weighted by Crippen LogP contribution is -2.43. The number of aliphatic imine (C=N–C) groups is 1. The van der Waals surface area contributed by atoms with Crippen LogP contribution < -0.4 is 15.5 Å². The number of hydrogen-bond acceptors (Lipinski definition) is 3. The third kappa shape index (κ3) is 7.60. The molecular formula is C16H28FIN4S. The summed E-state index contributed by atoms with van der Waals surface area (Å²) in [5.41, 5.74) is 1.48. The van der Waals surface area contributed by atoms with Gasteiger partial charge in [-0.05, 0) is 37.8 Å². The van der Waals surface area contributed by atoms with Crippen molar-refractivity contribution < 1.29 is 4.39 Å². The van der Waals surface area contributed by atoms with Gasteiger partial charge in [-0.3, -0.25) is 4.99 Å². The molecule has 23 heavy (non-hydrogen) atoms. The third-order valence-electron chi connectivity index (χ3n) is 3.41. The van der Waals surface area contributed by atoms with Crippen molar-refractivity contribution in [3.8, 4) is 0 Å². The van der Waals surface area contributed by atoms with Crippen LogP contribution in [0.25, 0.3) is 0 Å². The van der Waals surface area contributed by atoms with Crippen molar-refractivity contribution in [3.05, 3.63) is 29.6 Å². The number of anilines is 1. The number of benzene rings is 1. The summed E-state index contributed by atoms with van der Waals surface area (Å²) >= 11 is 1.80. The fraction of sp³-hybridized carbons (Fsp3) is 0.562. The van der Waals surface area contributed by atoms with Gasteiger partial charge in [-0.25, -0.2) is 4.39 Å². The van der Waals surface area contributed by atoms with Crippen molar-refractivity contribution in [1.82, 2.24) is 10.6 Å². The zero-order chi connectivity index (χ0) is 16.8. The maximum absolute atomic E-state index is 13.9. The van der Waals surface area contributed by atoms with Gasteiger partial charge in [0, 0.05) is 39.0 Å². The second-order valence-corrected chi connectivity index (χ2v) is 7.44. The number of guanidine groups is 1. The molecule has 0 aromatic heterocycles. The average molecular weight is 454 g/mol. The fourth-order valence-corrected chi connectivity index (χ4v) is 2.01. The molecule has 0 atom stereocenters. The number of hydrogen-bond donors (Lipinski definition) is 2. The number of thioether (sulfide) groups is 1. The molecule has 2 N–H and O–H groups in total. The van der Waals surface area contributed by atoms with Gasteiger partial charge in [0.15, 0.2) is 5.96 Å². The first-order valence-corrected chi connectivity index (χ1v) is 8.47. The highest BCUT2D eigenvalue weighted by molar-refractivity contribution is 14.0. The van der Waals surface area contributed by atoms with Gasteiger partial charge >= 0.3 is 0 Å². The number of nitrogens with zero attached hydrogens (tertiary/aromatic N) is 2. The van der Waals surface area contributed by atoms with Gasteiger partial charge in [0.2, 0.25) is 0 Å². The lowest BCUT2D eigenvalue weighted by molar-refractivity contribution is 0.622. The maximum Gasteiger partial charge on any atom is 0.191 e. The minimum Gasteiger partial charge on any atom is -0.375 e. The highest BCUT2D eigenvalue weighted by Gasteiger charge is 2.16. The van der Waals surface area contributed by atoms with Crippen molar-refractivity contribution in [3.63, 3.8) is 0 Å². The van der Waals surface area contributed by atoms with Crippen molar-refractivity contribution >= 4 is 47.4 Å². The summed E-state index contributed by atoms with van der Waals surface area (Å²) in [6, 6.07) is 5.27. The molecule has 0 aliphatic carbocycles. The molecule has 0 saturated carbocycles. The third-order valence-corrected chi connectivity index (χ3v) is 4.66. The molecule has 132 valence electrons. The monoisotopic (exact) mass is 454 g/mol. The Morgan fingerprint density at radius 3 is 2.43 bits per heavy atom. The molecule has 7 heteroatoms. The molecule has 0 bridgehead atoms.